The minimum absolute atomic E-state index is 0.651. The fourth-order valence-corrected chi connectivity index (χ4v) is 3.40. The van der Waals surface area contributed by atoms with Crippen LogP contribution in [-0.2, 0) is 4.57 Å². The molecule has 1 N–H and O–H groups in total. The van der Waals surface area contributed by atoms with E-state index in [1.54, 1.807) is 0 Å². The summed E-state index contributed by atoms with van der Waals surface area (Å²) in [7, 11) is -0.462. The molecule has 0 spiro atoms. The highest BCUT2D eigenvalue weighted by atomic mass is 31.2. The molecule has 1 aliphatic heterocycles. The molecular formula is C9H13N2OP. The smallest absolute Gasteiger partial charge is 0.260 e. The summed E-state index contributed by atoms with van der Waals surface area (Å²) in [5.74, 6) is 0. The van der Waals surface area contributed by atoms with Crippen molar-refractivity contribution in [2.45, 2.75) is 6.92 Å². The van der Waals surface area contributed by atoms with Crippen LogP contribution < -0.4 is 9.76 Å². The van der Waals surface area contributed by atoms with Crippen molar-refractivity contribution in [2.75, 3.05) is 23.0 Å². The third-order valence-corrected chi connectivity index (χ3v) is 5.09. The van der Waals surface area contributed by atoms with Crippen LogP contribution in [0, 0.1) is 0 Å². The zero-order valence-corrected chi connectivity index (χ0v) is 8.71. The van der Waals surface area contributed by atoms with Crippen LogP contribution in [-0.4, -0.2) is 13.2 Å². The Morgan fingerprint density at radius 3 is 2.77 bits per heavy atom. The maximum atomic E-state index is 12.2. The van der Waals surface area contributed by atoms with Gasteiger partial charge in [-0.1, -0.05) is 19.1 Å². The van der Waals surface area contributed by atoms with Gasteiger partial charge in [0.2, 0.25) is 0 Å². The summed E-state index contributed by atoms with van der Waals surface area (Å²) in [6, 6.07) is 7.85. The molecule has 3 nitrogen and oxygen atoms in total. The summed E-state index contributed by atoms with van der Waals surface area (Å²) >= 11 is 0. The lowest BCUT2D eigenvalue weighted by Crippen LogP contribution is -2.12. The molecule has 2 rings (SSSR count). The molecule has 0 radical (unpaired) electrons. The average molecular weight is 196 g/mol. The van der Waals surface area contributed by atoms with Crippen molar-refractivity contribution < 1.29 is 4.57 Å². The van der Waals surface area contributed by atoms with Crippen molar-refractivity contribution in [3.8, 4) is 0 Å². The SMILES string of the molecule is CCP1(=O)Nc2ccccc2N1C. The second-order valence-electron chi connectivity index (χ2n) is 3.17. The lowest BCUT2D eigenvalue weighted by molar-refractivity contribution is 0.579. The summed E-state index contributed by atoms with van der Waals surface area (Å²) in [5, 5.41) is 3.09. The lowest BCUT2D eigenvalue weighted by Gasteiger charge is -2.20. The Morgan fingerprint density at radius 2 is 2.15 bits per heavy atom. The third kappa shape index (κ3) is 1.15. The van der Waals surface area contributed by atoms with Gasteiger partial charge in [0.25, 0.3) is 7.44 Å². The van der Waals surface area contributed by atoms with E-state index in [2.05, 4.69) is 5.09 Å². The highest BCUT2D eigenvalue weighted by molar-refractivity contribution is 7.67. The molecule has 0 amide bonds. The van der Waals surface area contributed by atoms with Crippen molar-refractivity contribution in [1.29, 1.82) is 0 Å². The van der Waals surface area contributed by atoms with Crippen molar-refractivity contribution >= 4 is 18.8 Å². The fraction of sp³-hybridized carbons (Fsp3) is 0.333. The van der Waals surface area contributed by atoms with Gasteiger partial charge in [-0.15, -0.1) is 0 Å². The molecule has 1 unspecified atom stereocenters. The van der Waals surface area contributed by atoms with Gasteiger partial charge in [-0.3, -0.25) is 4.57 Å². The van der Waals surface area contributed by atoms with Gasteiger partial charge < -0.3 is 9.76 Å². The average Bonchev–Trinajstić information content (AvgIpc) is 2.41. The van der Waals surface area contributed by atoms with Gasteiger partial charge in [0.05, 0.1) is 11.4 Å². The van der Waals surface area contributed by atoms with E-state index in [-0.39, 0.29) is 0 Å². The molecule has 1 aliphatic rings. The Morgan fingerprint density at radius 1 is 1.46 bits per heavy atom. The van der Waals surface area contributed by atoms with Crippen LogP contribution in [0.1, 0.15) is 6.92 Å². The Hall–Kier alpha value is -0.950. The second kappa shape index (κ2) is 2.78. The number of para-hydroxylation sites is 2. The highest BCUT2D eigenvalue weighted by Crippen LogP contribution is 2.58. The fourth-order valence-electron chi connectivity index (χ4n) is 1.58. The van der Waals surface area contributed by atoms with Crippen LogP contribution in [0.4, 0.5) is 11.4 Å². The van der Waals surface area contributed by atoms with Crippen LogP contribution in [0.15, 0.2) is 24.3 Å². The van der Waals surface area contributed by atoms with Gasteiger partial charge in [0, 0.05) is 13.2 Å². The van der Waals surface area contributed by atoms with E-state index >= 15 is 0 Å². The number of hydrogen-bond acceptors (Lipinski definition) is 1. The quantitative estimate of drug-likeness (QED) is 0.701. The molecule has 1 aromatic carbocycles. The van der Waals surface area contributed by atoms with Gasteiger partial charge >= 0.3 is 0 Å². The van der Waals surface area contributed by atoms with E-state index in [1.807, 2.05) is 42.9 Å². The maximum Gasteiger partial charge on any atom is 0.260 e. The van der Waals surface area contributed by atoms with Gasteiger partial charge in [0.15, 0.2) is 0 Å². The number of benzene rings is 1. The van der Waals surface area contributed by atoms with E-state index < -0.39 is 7.44 Å². The molecule has 1 heterocycles. The van der Waals surface area contributed by atoms with E-state index in [1.165, 1.54) is 0 Å². The van der Waals surface area contributed by atoms with Crippen LogP contribution in [0.3, 0.4) is 0 Å². The zero-order valence-electron chi connectivity index (χ0n) is 7.82. The maximum absolute atomic E-state index is 12.2. The second-order valence-corrected chi connectivity index (χ2v) is 6.03. The molecule has 4 heteroatoms. The predicted molar refractivity (Wildman–Crippen MR) is 56.6 cm³/mol. The van der Waals surface area contributed by atoms with Crippen LogP contribution in [0.25, 0.3) is 0 Å². The Bertz CT molecular complexity index is 378. The normalized spacial score (nSPS) is 25.5. The first-order valence-corrected chi connectivity index (χ1v) is 6.22. The predicted octanol–water partition coefficient (Wildman–Crippen LogP) is 2.76. The third-order valence-electron chi connectivity index (χ3n) is 2.46. The number of nitrogens with zero attached hydrogens (tertiary/aromatic N) is 1. The Kier molecular flexibility index (Phi) is 1.85. The number of rotatable bonds is 1. The monoisotopic (exact) mass is 196 g/mol. The number of nitrogens with one attached hydrogen (secondary N) is 1. The molecule has 1 atom stereocenters. The first-order valence-electron chi connectivity index (χ1n) is 4.38. The van der Waals surface area contributed by atoms with Crippen molar-refractivity contribution in [3.05, 3.63) is 24.3 Å². The van der Waals surface area contributed by atoms with Gasteiger partial charge in [0.1, 0.15) is 0 Å². The Labute approximate surface area is 78.2 Å². The molecule has 13 heavy (non-hydrogen) atoms. The van der Waals surface area contributed by atoms with Gasteiger partial charge in [-0.05, 0) is 12.1 Å². The molecule has 0 fully saturated rings. The molecule has 0 aromatic heterocycles. The number of hydrogen-bond donors (Lipinski definition) is 1. The minimum atomic E-state index is -2.34. The first kappa shape index (κ1) is 8.64. The van der Waals surface area contributed by atoms with Crippen LogP contribution in [0.5, 0.6) is 0 Å². The first-order chi connectivity index (χ1) is 6.17. The summed E-state index contributed by atoms with van der Waals surface area (Å²) in [4.78, 5) is 0. The van der Waals surface area contributed by atoms with Gasteiger partial charge in [-0.2, -0.15) is 0 Å². The van der Waals surface area contributed by atoms with E-state index in [9.17, 15) is 4.57 Å². The molecule has 1 aromatic rings. The molecule has 0 saturated carbocycles. The molecule has 0 bridgehead atoms. The van der Waals surface area contributed by atoms with E-state index in [0.29, 0.717) is 6.16 Å². The van der Waals surface area contributed by atoms with Crippen molar-refractivity contribution in [1.82, 2.24) is 0 Å². The topological polar surface area (TPSA) is 32.3 Å². The zero-order chi connectivity index (χ0) is 9.47. The largest absolute Gasteiger partial charge is 0.318 e. The summed E-state index contributed by atoms with van der Waals surface area (Å²) in [6.45, 7) is 1.94. The summed E-state index contributed by atoms with van der Waals surface area (Å²) in [5.41, 5.74) is 2.02. The number of fused-ring (bicyclic) bond motifs is 1. The molecular weight excluding hydrogens is 183 g/mol. The summed E-state index contributed by atoms with van der Waals surface area (Å²) in [6.07, 6.45) is 0.651. The summed E-state index contributed by atoms with van der Waals surface area (Å²) < 4.78 is 14.0. The van der Waals surface area contributed by atoms with E-state index in [0.717, 1.165) is 11.4 Å². The van der Waals surface area contributed by atoms with Crippen LogP contribution in [0.2, 0.25) is 0 Å². The highest BCUT2D eigenvalue weighted by Gasteiger charge is 2.33. The molecule has 0 aliphatic carbocycles. The number of anilines is 2. The Balaban J connectivity index is 2.49. The van der Waals surface area contributed by atoms with Crippen molar-refractivity contribution in [3.63, 3.8) is 0 Å². The minimum Gasteiger partial charge on any atom is -0.318 e. The van der Waals surface area contributed by atoms with Crippen molar-refractivity contribution in [2.24, 2.45) is 0 Å². The molecule has 0 saturated heterocycles. The van der Waals surface area contributed by atoms with Gasteiger partial charge in [-0.25, -0.2) is 0 Å². The standard InChI is InChI=1S/C9H13N2OP/c1-3-13(12)10-8-6-4-5-7-9(8)11(13)2/h4-7H,3H2,1-2H3,(H,10,12). The van der Waals surface area contributed by atoms with E-state index in [4.69, 9.17) is 0 Å². The van der Waals surface area contributed by atoms with Crippen LogP contribution >= 0.6 is 7.44 Å². The lowest BCUT2D eigenvalue weighted by atomic mass is 10.3. The molecule has 70 valence electrons.